The number of hydrogen-bond acceptors (Lipinski definition) is 6. The van der Waals surface area contributed by atoms with Crippen LogP contribution in [0.3, 0.4) is 0 Å². The highest BCUT2D eigenvalue weighted by Crippen LogP contribution is 2.31. The lowest BCUT2D eigenvalue weighted by Gasteiger charge is -2.32. The van der Waals surface area contributed by atoms with Crippen molar-refractivity contribution >= 4 is 22.5 Å². The van der Waals surface area contributed by atoms with Crippen LogP contribution in [-0.2, 0) is 4.79 Å². The molecule has 0 aliphatic rings. The molecule has 0 aliphatic carbocycles. The molecule has 0 saturated heterocycles. The minimum Gasteiger partial charge on any atom is -0.484 e. The van der Waals surface area contributed by atoms with Gasteiger partial charge >= 0.3 is 11.7 Å². The second-order valence-corrected chi connectivity index (χ2v) is 9.42. The van der Waals surface area contributed by atoms with Gasteiger partial charge in [0.1, 0.15) is 11.9 Å². The number of hydrogen-bond donors (Lipinski definition) is 1. The predicted octanol–water partition coefficient (Wildman–Crippen LogP) is 4.54. The number of alkyl halides is 2. The van der Waals surface area contributed by atoms with Crippen LogP contribution in [-0.4, -0.2) is 37.2 Å². The van der Waals surface area contributed by atoms with Gasteiger partial charge in [-0.05, 0) is 41.8 Å². The molecule has 2 atom stereocenters. The van der Waals surface area contributed by atoms with Gasteiger partial charge in [0.25, 0.3) is 5.91 Å². The van der Waals surface area contributed by atoms with E-state index in [1.165, 1.54) is 4.40 Å². The maximum absolute atomic E-state index is 13.7. The highest BCUT2D eigenvalue weighted by Gasteiger charge is 2.37. The van der Waals surface area contributed by atoms with Crippen LogP contribution in [0.2, 0.25) is 0 Å². The number of pyridine rings is 1. The molecule has 3 aromatic heterocycles. The van der Waals surface area contributed by atoms with E-state index in [-0.39, 0.29) is 5.92 Å². The van der Waals surface area contributed by atoms with Crippen molar-refractivity contribution in [2.24, 2.45) is 5.92 Å². The molecule has 9 nitrogen and oxygen atoms in total. The summed E-state index contributed by atoms with van der Waals surface area (Å²) in [6, 6.07) is 17.2. The number of aromatic nitrogens is 4. The van der Waals surface area contributed by atoms with Gasteiger partial charge in [0.05, 0.1) is 23.4 Å². The lowest BCUT2D eigenvalue weighted by molar-refractivity contribution is -0.145. The lowest BCUT2D eigenvalue weighted by atomic mass is 9.92. The molecule has 0 radical (unpaired) electrons. The van der Waals surface area contributed by atoms with E-state index >= 15 is 0 Å². The summed E-state index contributed by atoms with van der Waals surface area (Å²) in [5.74, 6) is -5.23. The zero-order chi connectivity index (χ0) is 27.0. The SMILES string of the molecule is CC(C)[C@H](NC(=O)C(C)(F)F)[C@H](Oc1ccc2c(cnn2-c2ccc3noc(=O)n3c2)c1)c1ccccc1. The smallest absolute Gasteiger partial charge is 0.446 e. The number of fused-ring (bicyclic) bond motifs is 2. The first-order valence-corrected chi connectivity index (χ1v) is 12.0. The maximum Gasteiger partial charge on any atom is 0.446 e. The standard InChI is InChI=1S/C27H25F2N5O4/c1-16(2)23(31-25(35)27(3,28)29)24(17-7-5-4-6-8-17)37-20-10-11-21-18(13-20)14-30-34(21)19-9-12-22-32-38-26(36)33(22)15-19/h4-16,23-24H,1-3H3,(H,31,35)/t23-,24+/m0/s1. The van der Waals surface area contributed by atoms with Crippen LogP contribution >= 0.6 is 0 Å². The Morgan fingerprint density at radius 3 is 2.58 bits per heavy atom. The summed E-state index contributed by atoms with van der Waals surface area (Å²) in [5, 5.41) is 11.4. The molecular formula is C27H25F2N5O4. The van der Waals surface area contributed by atoms with Gasteiger partial charge in [0.15, 0.2) is 5.65 Å². The van der Waals surface area contributed by atoms with Gasteiger partial charge in [-0.25, -0.2) is 13.9 Å². The molecule has 5 rings (SSSR count). The van der Waals surface area contributed by atoms with E-state index in [1.807, 2.05) is 50.2 Å². The first kappa shape index (κ1) is 25.1. The Hall–Kier alpha value is -4.54. The van der Waals surface area contributed by atoms with Crippen LogP contribution in [0.4, 0.5) is 8.78 Å². The Morgan fingerprint density at radius 2 is 1.87 bits per heavy atom. The number of nitrogens with zero attached hydrogens (tertiary/aromatic N) is 4. The highest BCUT2D eigenvalue weighted by atomic mass is 19.3. The van der Waals surface area contributed by atoms with Crippen LogP contribution < -0.4 is 15.8 Å². The van der Waals surface area contributed by atoms with E-state index in [4.69, 9.17) is 4.74 Å². The third kappa shape index (κ3) is 4.86. The first-order valence-electron chi connectivity index (χ1n) is 12.0. The molecule has 2 aromatic carbocycles. The van der Waals surface area contributed by atoms with Crippen molar-refractivity contribution in [2.45, 2.75) is 38.8 Å². The number of halogens is 2. The summed E-state index contributed by atoms with van der Waals surface area (Å²) in [4.78, 5) is 24.1. The normalized spacial score (nSPS) is 13.6. The molecular weight excluding hydrogens is 496 g/mol. The molecule has 3 heterocycles. The van der Waals surface area contributed by atoms with E-state index in [0.29, 0.717) is 24.0 Å². The summed E-state index contributed by atoms with van der Waals surface area (Å²) in [6.07, 6.45) is 2.49. The minimum absolute atomic E-state index is 0.214. The Labute approximate surface area is 215 Å². The predicted molar refractivity (Wildman–Crippen MR) is 136 cm³/mol. The number of carbonyl (C=O) groups is 1. The number of rotatable bonds is 8. The summed E-state index contributed by atoms with van der Waals surface area (Å²) in [5.41, 5.74) is 2.48. The van der Waals surface area contributed by atoms with Crippen molar-refractivity contribution < 1.29 is 22.8 Å². The lowest BCUT2D eigenvalue weighted by Crippen LogP contribution is -2.49. The number of ether oxygens (including phenoxy) is 1. The molecule has 0 spiro atoms. The van der Waals surface area contributed by atoms with Gasteiger partial charge in [0.2, 0.25) is 0 Å². The van der Waals surface area contributed by atoms with Crippen LogP contribution in [0, 0.1) is 5.92 Å². The summed E-state index contributed by atoms with van der Waals surface area (Å²) in [6.45, 7) is 4.24. The number of carbonyl (C=O) groups excluding carboxylic acids is 1. The molecule has 1 N–H and O–H groups in total. The zero-order valence-electron chi connectivity index (χ0n) is 20.8. The van der Waals surface area contributed by atoms with Crippen LogP contribution in [0.15, 0.2) is 82.4 Å². The van der Waals surface area contributed by atoms with Crippen LogP contribution in [0.25, 0.3) is 22.2 Å². The molecule has 0 aliphatic heterocycles. The zero-order valence-corrected chi connectivity index (χ0v) is 20.8. The fourth-order valence-corrected chi connectivity index (χ4v) is 4.26. The Kier molecular flexibility index (Phi) is 6.43. The summed E-state index contributed by atoms with van der Waals surface area (Å²) < 4.78 is 41.5. The fraction of sp³-hybridized carbons (Fsp3) is 0.259. The van der Waals surface area contributed by atoms with Crippen molar-refractivity contribution in [3.63, 3.8) is 0 Å². The van der Waals surface area contributed by atoms with E-state index in [2.05, 4.69) is 20.1 Å². The molecule has 5 aromatic rings. The van der Waals surface area contributed by atoms with E-state index in [1.54, 1.807) is 41.3 Å². The molecule has 0 bridgehead atoms. The van der Waals surface area contributed by atoms with Gasteiger partial charge in [-0.1, -0.05) is 49.3 Å². The number of benzene rings is 2. The highest BCUT2D eigenvalue weighted by molar-refractivity contribution is 5.83. The van der Waals surface area contributed by atoms with Gasteiger partial charge in [-0.15, -0.1) is 0 Å². The van der Waals surface area contributed by atoms with Crippen molar-refractivity contribution in [2.75, 3.05) is 0 Å². The summed E-state index contributed by atoms with van der Waals surface area (Å²) in [7, 11) is 0. The molecule has 11 heteroatoms. The third-order valence-corrected chi connectivity index (χ3v) is 6.24. The number of nitrogens with one attached hydrogen (secondary N) is 1. The van der Waals surface area contributed by atoms with Crippen LogP contribution in [0.5, 0.6) is 5.75 Å². The topological polar surface area (TPSA) is 104 Å². The Bertz CT molecular complexity index is 1650. The van der Waals surface area contributed by atoms with Gasteiger partial charge in [-0.2, -0.15) is 13.9 Å². The van der Waals surface area contributed by atoms with Gasteiger partial charge in [-0.3, -0.25) is 9.32 Å². The average Bonchev–Trinajstić information content (AvgIpc) is 3.48. The Balaban J connectivity index is 1.49. The van der Waals surface area contributed by atoms with Crippen molar-refractivity contribution in [3.8, 4) is 11.4 Å². The molecule has 0 saturated carbocycles. The molecule has 196 valence electrons. The molecule has 0 fully saturated rings. The number of amides is 1. The van der Waals surface area contributed by atoms with Gasteiger partial charge < -0.3 is 10.1 Å². The minimum atomic E-state index is -3.53. The first-order chi connectivity index (χ1) is 18.1. The summed E-state index contributed by atoms with van der Waals surface area (Å²) >= 11 is 0. The Morgan fingerprint density at radius 1 is 1.11 bits per heavy atom. The van der Waals surface area contributed by atoms with Crippen molar-refractivity contribution in [1.29, 1.82) is 0 Å². The molecule has 0 unspecified atom stereocenters. The monoisotopic (exact) mass is 521 g/mol. The second-order valence-electron chi connectivity index (χ2n) is 9.42. The maximum atomic E-state index is 13.7. The second kappa shape index (κ2) is 9.73. The largest absolute Gasteiger partial charge is 0.484 e. The van der Waals surface area contributed by atoms with E-state index < -0.39 is 29.7 Å². The fourth-order valence-electron chi connectivity index (χ4n) is 4.26. The van der Waals surface area contributed by atoms with Crippen LogP contribution in [0.1, 0.15) is 32.4 Å². The quantitative estimate of drug-likeness (QED) is 0.322. The molecule has 38 heavy (non-hydrogen) atoms. The van der Waals surface area contributed by atoms with E-state index in [0.717, 1.165) is 16.5 Å². The average molecular weight is 522 g/mol. The van der Waals surface area contributed by atoms with E-state index in [9.17, 15) is 18.4 Å². The molecule has 1 amide bonds. The third-order valence-electron chi connectivity index (χ3n) is 6.24. The van der Waals surface area contributed by atoms with Crippen molar-refractivity contribution in [1.82, 2.24) is 24.7 Å². The van der Waals surface area contributed by atoms with Crippen molar-refractivity contribution in [3.05, 3.63) is 89.2 Å². The van der Waals surface area contributed by atoms with Gasteiger partial charge in [0, 0.05) is 18.5 Å².